The summed E-state index contributed by atoms with van der Waals surface area (Å²) >= 11 is 0. The van der Waals surface area contributed by atoms with Crippen LogP contribution in [-0.4, -0.2) is 26.8 Å². The Morgan fingerprint density at radius 3 is 2.73 bits per heavy atom. The Morgan fingerprint density at radius 2 is 1.86 bits per heavy atom. The molecule has 0 spiro atoms. The molecular formula is C13H8F2N4O3. The third-order valence-corrected chi connectivity index (χ3v) is 3.12. The lowest BCUT2D eigenvalue weighted by Crippen LogP contribution is -2.02. The molecule has 112 valence electrons. The fourth-order valence-corrected chi connectivity index (χ4v) is 2.11. The minimum Gasteiger partial charge on any atom is -0.454 e. The van der Waals surface area contributed by atoms with Crippen molar-refractivity contribution >= 4 is 0 Å². The van der Waals surface area contributed by atoms with Crippen LogP contribution in [0.25, 0.3) is 23.0 Å². The van der Waals surface area contributed by atoms with E-state index in [0.717, 1.165) is 0 Å². The highest BCUT2D eigenvalue weighted by molar-refractivity contribution is 5.61. The molecule has 0 unspecified atom stereocenters. The maximum atomic E-state index is 12.8. The van der Waals surface area contributed by atoms with Gasteiger partial charge in [0.1, 0.15) is 5.69 Å². The van der Waals surface area contributed by atoms with Crippen molar-refractivity contribution in [3.05, 3.63) is 30.5 Å². The summed E-state index contributed by atoms with van der Waals surface area (Å²) in [4.78, 5) is 0. The first-order valence-electron chi connectivity index (χ1n) is 6.28. The zero-order valence-corrected chi connectivity index (χ0v) is 10.9. The Balaban J connectivity index is 1.71. The summed E-state index contributed by atoms with van der Waals surface area (Å²) in [5.41, 5.74) is 0.653. The minimum absolute atomic E-state index is 0.0366. The molecule has 0 bridgehead atoms. The molecule has 0 amide bonds. The third kappa shape index (κ3) is 1.98. The van der Waals surface area contributed by atoms with Crippen LogP contribution >= 0.6 is 0 Å². The summed E-state index contributed by atoms with van der Waals surface area (Å²) in [6, 6.07) is 6.49. The van der Waals surface area contributed by atoms with Gasteiger partial charge in [-0.25, -0.2) is 0 Å². The molecule has 1 aliphatic rings. The molecule has 0 saturated carbocycles. The average Bonchev–Trinajstić information content (AvgIpc) is 3.25. The van der Waals surface area contributed by atoms with E-state index in [1.54, 1.807) is 18.2 Å². The lowest BCUT2D eigenvalue weighted by Gasteiger charge is -2.01. The first kappa shape index (κ1) is 12.7. The van der Waals surface area contributed by atoms with Crippen LogP contribution in [0, 0.1) is 0 Å². The standard InChI is InChI=1S/C13H8F2N4O3/c14-13(15)19-8(3-4-16-19)12-18-17-11(22-12)7-1-2-9-10(5-7)21-6-20-9/h1-5,13H,6H2. The van der Waals surface area contributed by atoms with Gasteiger partial charge in [-0.15, -0.1) is 10.2 Å². The van der Waals surface area contributed by atoms with Gasteiger partial charge in [0, 0.05) is 11.8 Å². The van der Waals surface area contributed by atoms with Crippen LogP contribution in [0.1, 0.15) is 6.55 Å². The maximum Gasteiger partial charge on any atom is 0.333 e. The van der Waals surface area contributed by atoms with Crippen molar-refractivity contribution in [3.63, 3.8) is 0 Å². The smallest absolute Gasteiger partial charge is 0.333 e. The van der Waals surface area contributed by atoms with Crippen LogP contribution in [-0.2, 0) is 0 Å². The number of hydrogen-bond donors (Lipinski definition) is 0. The van der Waals surface area contributed by atoms with E-state index in [-0.39, 0.29) is 24.3 Å². The van der Waals surface area contributed by atoms with Gasteiger partial charge in [0.15, 0.2) is 11.5 Å². The van der Waals surface area contributed by atoms with Crippen molar-refractivity contribution in [2.45, 2.75) is 6.55 Å². The van der Waals surface area contributed by atoms with E-state index in [0.29, 0.717) is 21.7 Å². The molecule has 0 fully saturated rings. The summed E-state index contributed by atoms with van der Waals surface area (Å²) in [5.74, 6) is 1.34. The Labute approximate surface area is 122 Å². The molecule has 0 N–H and O–H groups in total. The number of rotatable bonds is 3. The summed E-state index contributed by atoms with van der Waals surface area (Å²) in [7, 11) is 0. The fourth-order valence-electron chi connectivity index (χ4n) is 2.11. The van der Waals surface area contributed by atoms with Crippen LogP contribution in [0.2, 0.25) is 0 Å². The van der Waals surface area contributed by atoms with Crippen LogP contribution in [0.5, 0.6) is 11.5 Å². The van der Waals surface area contributed by atoms with Crippen molar-refractivity contribution in [3.8, 4) is 34.5 Å². The number of ether oxygens (including phenoxy) is 2. The molecule has 22 heavy (non-hydrogen) atoms. The second-order valence-corrected chi connectivity index (χ2v) is 4.42. The van der Waals surface area contributed by atoms with Gasteiger partial charge in [-0.3, -0.25) is 0 Å². The molecular weight excluding hydrogens is 298 g/mol. The number of alkyl halides is 2. The molecule has 0 aliphatic carbocycles. The number of nitrogens with zero attached hydrogens (tertiary/aromatic N) is 4. The van der Waals surface area contributed by atoms with E-state index in [1.165, 1.54) is 12.3 Å². The van der Waals surface area contributed by atoms with E-state index in [9.17, 15) is 8.78 Å². The van der Waals surface area contributed by atoms with Gasteiger partial charge in [0.05, 0.1) is 0 Å². The third-order valence-electron chi connectivity index (χ3n) is 3.12. The molecule has 0 radical (unpaired) electrons. The van der Waals surface area contributed by atoms with Crippen LogP contribution < -0.4 is 9.47 Å². The van der Waals surface area contributed by atoms with E-state index >= 15 is 0 Å². The lowest BCUT2D eigenvalue weighted by molar-refractivity contribution is 0.0580. The van der Waals surface area contributed by atoms with Gasteiger partial charge < -0.3 is 13.9 Å². The predicted molar refractivity (Wildman–Crippen MR) is 68.3 cm³/mol. The quantitative estimate of drug-likeness (QED) is 0.740. The highest BCUT2D eigenvalue weighted by Crippen LogP contribution is 2.36. The van der Waals surface area contributed by atoms with Crippen LogP contribution in [0.4, 0.5) is 8.78 Å². The van der Waals surface area contributed by atoms with E-state index < -0.39 is 6.55 Å². The maximum absolute atomic E-state index is 12.8. The first-order valence-corrected chi connectivity index (χ1v) is 6.28. The average molecular weight is 306 g/mol. The monoisotopic (exact) mass is 306 g/mol. The normalized spacial score (nSPS) is 13.0. The number of aromatic nitrogens is 4. The van der Waals surface area contributed by atoms with Gasteiger partial charge in [-0.1, -0.05) is 0 Å². The predicted octanol–water partition coefficient (Wildman–Crippen LogP) is 2.72. The highest BCUT2D eigenvalue weighted by Gasteiger charge is 2.20. The largest absolute Gasteiger partial charge is 0.454 e. The topological polar surface area (TPSA) is 75.2 Å². The molecule has 0 saturated heterocycles. The second-order valence-electron chi connectivity index (χ2n) is 4.42. The Bertz CT molecular complexity index is 830. The summed E-state index contributed by atoms with van der Waals surface area (Å²) in [6.07, 6.45) is 1.24. The highest BCUT2D eigenvalue weighted by atomic mass is 19.3. The van der Waals surface area contributed by atoms with Crippen molar-refractivity contribution in [2.24, 2.45) is 0 Å². The van der Waals surface area contributed by atoms with Gasteiger partial charge in [-0.2, -0.15) is 18.6 Å². The van der Waals surface area contributed by atoms with Gasteiger partial charge >= 0.3 is 6.55 Å². The Morgan fingerprint density at radius 1 is 1.05 bits per heavy atom. The molecule has 9 heteroatoms. The van der Waals surface area contributed by atoms with Crippen LogP contribution in [0.15, 0.2) is 34.9 Å². The second kappa shape index (κ2) is 4.79. The molecule has 1 aromatic carbocycles. The van der Waals surface area contributed by atoms with Gasteiger partial charge in [-0.05, 0) is 24.3 Å². The van der Waals surface area contributed by atoms with Crippen molar-refractivity contribution in [1.82, 2.24) is 20.0 Å². The number of fused-ring (bicyclic) bond motifs is 1. The number of halogens is 2. The van der Waals surface area contributed by atoms with Gasteiger partial charge in [0.2, 0.25) is 12.7 Å². The number of hydrogen-bond acceptors (Lipinski definition) is 6. The minimum atomic E-state index is -2.79. The van der Waals surface area contributed by atoms with Crippen LogP contribution in [0.3, 0.4) is 0 Å². The van der Waals surface area contributed by atoms with E-state index in [2.05, 4.69) is 15.3 Å². The molecule has 4 rings (SSSR count). The zero-order chi connectivity index (χ0) is 15.1. The first-order chi connectivity index (χ1) is 10.7. The molecule has 7 nitrogen and oxygen atoms in total. The van der Waals surface area contributed by atoms with Gasteiger partial charge in [0.25, 0.3) is 5.89 Å². The summed E-state index contributed by atoms with van der Waals surface area (Å²) < 4.78 is 42.1. The molecule has 2 aromatic heterocycles. The molecule has 0 atom stereocenters. The zero-order valence-electron chi connectivity index (χ0n) is 10.9. The molecule has 3 heterocycles. The Hall–Kier alpha value is -2.97. The molecule has 3 aromatic rings. The van der Waals surface area contributed by atoms with E-state index in [1.807, 2.05) is 0 Å². The van der Waals surface area contributed by atoms with Crippen molar-refractivity contribution < 1.29 is 22.7 Å². The molecule has 1 aliphatic heterocycles. The van der Waals surface area contributed by atoms with E-state index in [4.69, 9.17) is 13.9 Å². The fraction of sp³-hybridized carbons (Fsp3) is 0.154. The van der Waals surface area contributed by atoms with Crippen molar-refractivity contribution in [1.29, 1.82) is 0 Å². The SMILES string of the molecule is FC(F)n1nccc1-c1nnc(-c2ccc3c(c2)OCO3)o1. The summed E-state index contributed by atoms with van der Waals surface area (Å²) in [6.45, 7) is -2.63. The number of benzene rings is 1. The Kier molecular flexibility index (Phi) is 2.78. The summed E-state index contributed by atoms with van der Waals surface area (Å²) in [5, 5.41) is 11.2. The van der Waals surface area contributed by atoms with Crippen molar-refractivity contribution in [2.75, 3.05) is 6.79 Å². The lowest BCUT2D eigenvalue weighted by atomic mass is 10.2.